The Morgan fingerprint density at radius 1 is 1.56 bits per heavy atom. The SMILES string of the molecule is CC1(C)CCC(Cn2c(=O)cc[nH]c2=O)O1. The van der Waals surface area contributed by atoms with Gasteiger partial charge in [0.2, 0.25) is 0 Å². The number of aromatic nitrogens is 2. The number of hydrogen-bond donors (Lipinski definition) is 1. The average Bonchev–Trinajstić information content (AvgIpc) is 2.52. The van der Waals surface area contributed by atoms with Crippen LogP contribution in [0.2, 0.25) is 0 Å². The van der Waals surface area contributed by atoms with Crippen molar-refractivity contribution in [3.63, 3.8) is 0 Å². The van der Waals surface area contributed by atoms with Gasteiger partial charge in [0.05, 0.1) is 18.2 Å². The van der Waals surface area contributed by atoms with Gasteiger partial charge >= 0.3 is 5.69 Å². The average molecular weight is 224 g/mol. The summed E-state index contributed by atoms with van der Waals surface area (Å²) >= 11 is 0. The van der Waals surface area contributed by atoms with Gasteiger partial charge in [-0.1, -0.05) is 0 Å². The molecule has 1 aliphatic heterocycles. The lowest BCUT2D eigenvalue weighted by molar-refractivity contribution is -0.0225. The Bertz CT molecular complexity index is 458. The largest absolute Gasteiger partial charge is 0.370 e. The molecule has 0 aliphatic carbocycles. The van der Waals surface area contributed by atoms with Gasteiger partial charge in [-0.25, -0.2) is 4.79 Å². The fraction of sp³-hybridized carbons (Fsp3) is 0.636. The van der Waals surface area contributed by atoms with Crippen LogP contribution in [0.15, 0.2) is 21.9 Å². The quantitative estimate of drug-likeness (QED) is 0.795. The number of H-pyrrole nitrogens is 1. The molecular weight excluding hydrogens is 208 g/mol. The summed E-state index contributed by atoms with van der Waals surface area (Å²) in [6, 6.07) is 1.35. The molecule has 2 rings (SSSR count). The molecule has 1 aromatic heterocycles. The van der Waals surface area contributed by atoms with Crippen LogP contribution in [0.5, 0.6) is 0 Å². The van der Waals surface area contributed by atoms with Crippen molar-refractivity contribution in [2.75, 3.05) is 0 Å². The molecule has 16 heavy (non-hydrogen) atoms. The third-order valence-corrected chi connectivity index (χ3v) is 2.88. The van der Waals surface area contributed by atoms with E-state index in [0.717, 1.165) is 12.8 Å². The maximum Gasteiger partial charge on any atom is 0.328 e. The molecule has 1 unspecified atom stereocenters. The van der Waals surface area contributed by atoms with Gasteiger partial charge in [-0.05, 0) is 26.7 Å². The molecule has 0 radical (unpaired) electrons. The molecule has 1 fully saturated rings. The number of nitrogens with one attached hydrogen (secondary N) is 1. The minimum absolute atomic E-state index is 0.0452. The molecule has 88 valence electrons. The van der Waals surface area contributed by atoms with Gasteiger partial charge in [-0.15, -0.1) is 0 Å². The molecule has 2 heterocycles. The van der Waals surface area contributed by atoms with E-state index in [2.05, 4.69) is 4.98 Å². The highest BCUT2D eigenvalue weighted by Gasteiger charge is 2.32. The van der Waals surface area contributed by atoms with E-state index in [4.69, 9.17) is 4.74 Å². The van der Waals surface area contributed by atoms with Gasteiger partial charge < -0.3 is 9.72 Å². The fourth-order valence-corrected chi connectivity index (χ4v) is 2.03. The summed E-state index contributed by atoms with van der Waals surface area (Å²) in [7, 11) is 0. The molecule has 0 bridgehead atoms. The molecular formula is C11H16N2O3. The summed E-state index contributed by atoms with van der Waals surface area (Å²) in [6.07, 6.45) is 3.15. The zero-order valence-electron chi connectivity index (χ0n) is 9.53. The summed E-state index contributed by atoms with van der Waals surface area (Å²) < 4.78 is 6.94. The Labute approximate surface area is 93.1 Å². The Kier molecular flexibility index (Phi) is 2.71. The second-order valence-electron chi connectivity index (χ2n) is 4.77. The molecule has 1 aromatic rings. The van der Waals surface area contributed by atoms with Gasteiger partial charge in [-0.3, -0.25) is 9.36 Å². The van der Waals surface area contributed by atoms with E-state index in [1.165, 1.54) is 16.8 Å². The van der Waals surface area contributed by atoms with Crippen molar-refractivity contribution in [1.82, 2.24) is 9.55 Å². The van der Waals surface area contributed by atoms with Gasteiger partial charge in [-0.2, -0.15) is 0 Å². The highest BCUT2D eigenvalue weighted by Crippen LogP contribution is 2.29. The van der Waals surface area contributed by atoms with Gasteiger partial charge in [0.15, 0.2) is 0 Å². The zero-order valence-corrected chi connectivity index (χ0v) is 9.53. The maximum atomic E-state index is 11.5. The first-order chi connectivity index (χ1) is 7.48. The van der Waals surface area contributed by atoms with E-state index >= 15 is 0 Å². The molecule has 0 amide bonds. The van der Waals surface area contributed by atoms with Crippen molar-refractivity contribution in [1.29, 1.82) is 0 Å². The highest BCUT2D eigenvalue weighted by atomic mass is 16.5. The first-order valence-electron chi connectivity index (χ1n) is 5.44. The third kappa shape index (κ3) is 2.24. The molecule has 1 N–H and O–H groups in total. The van der Waals surface area contributed by atoms with Gasteiger partial charge in [0.25, 0.3) is 5.56 Å². The standard InChI is InChI=1S/C11H16N2O3/c1-11(2)5-3-8(16-11)7-13-9(14)4-6-12-10(13)15/h4,6,8H,3,5,7H2,1-2H3,(H,12,15). The Morgan fingerprint density at radius 2 is 2.31 bits per heavy atom. The van der Waals surface area contributed by atoms with Crippen molar-refractivity contribution in [2.24, 2.45) is 0 Å². The maximum absolute atomic E-state index is 11.5. The van der Waals surface area contributed by atoms with E-state index in [9.17, 15) is 9.59 Å². The van der Waals surface area contributed by atoms with E-state index in [-0.39, 0.29) is 23.0 Å². The fourth-order valence-electron chi connectivity index (χ4n) is 2.03. The predicted octanol–water partition coefficient (Wildman–Crippen LogP) is 0.494. The Hall–Kier alpha value is -1.36. The summed E-state index contributed by atoms with van der Waals surface area (Å²) in [5.74, 6) is 0. The van der Waals surface area contributed by atoms with Crippen LogP contribution in [-0.4, -0.2) is 21.3 Å². The Morgan fingerprint density at radius 3 is 2.88 bits per heavy atom. The van der Waals surface area contributed by atoms with Crippen LogP contribution in [0, 0.1) is 0 Å². The number of aromatic amines is 1. The smallest absolute Gasteiger partial charge is 0.328 e. The zero-order chi connectivity index (χ0) is 11.8. The summed E-state index contributed by atoms with van der Waals surface area (Å²) in [5, 5.41) is 0. The number of nitrogens with zero attached hydrogens (tertiary/aromatic N) is 1. The van der Waals surface area contributed by atoms with E-state index in [1.807, 2.05) is 13.8 Å². The molecule has 0 saturated carbocycles. The summed E-state index contributed by atoms with van der Waals surface area (Å²) in [5.41, 5.74) is -0.798. The second-order valence-corrected chi connectivity index (χ2v) is 4.77. The van der Waals surface area contributed by atoms with Crippen LogP contribution in [-0.2, 0) is 11.3 Å². The minimum Gasteiger partial charge on any atom is -0.370 e. The first-order valence-corrected chi connectivity index (χ1v) is 5.44. The summed E-state index contributed by atoms with van der Waals surface area (Å²) in [4.78, 5) is 25.4. The molecule has 1 atom stereocenters. The molecule has 1 saturated heterocycles. The third-order valence-electron chi connectivity index (χ3n) is 2.88. The first kappa shape index (κ1) is 11.1. The normalized spacial score (nSPS) is 23.5. The van der Waals surface area contributed by atoms with Gasteiger partial charge in [0.1, 0.15) is 0 Å². The molecule has 5 nitrogen and oxygen atoms in total. The van der Waals surface area contributed by atoms with Crippen LogP contribution in [0.1, 0.15) is 26.7 Å². The van der Waals surface area contributed by atoms with Crippen molar-refractivity contribution in [2.45, 2.75) is 44.9 Å². The number of ether oxygens (including phenoxy) is 1. The van der Waals surface area contributed by atoms with Crippen LogP contribution in [0.25, 0.3) is 0 Å². The molecule has 0 spiro atoms. The van der Waals surface area contributed by atoms with Crippen molar-refractivity contribution >= 4 is 0 Å². The van der Waals surface area contributed by atoms with E-state index in [1.54, 1.807) is 0 Å². The lowest BCUT2D eigenvalue weighted by Gasteiger charge is -2.19. The van der Waals surface area contributed by atoms with E-state index in [0.29, 0.717) is 6.54 Å². The Balaban J connectivity index is 2.17. The molecule has 5 heteroatoms. The second kappa shape index (κ2) is 3.90. The van der Waals surface area contributed by atoms with Crippen molar-refractivity contribution < 1.29 is 4.74 Å². The van der Waals surface area contributed by atoms with Crippen molar-refractivity contribution in [3.05, 3.63) is 33.1 Å². The topological polar surface area (TPSA) is 64.1 Å². The minimum atomic E-state index is -0.374. The monoisotopic (exact) mass is 224 g/mol. The highest BCUT2D eigenvalue weighted by molar-refractivity contribution is 4.86. The van der Waals surface area contributed by atoms with Crippen LogP contribution in [0.4, 0.5) is 0 Å². The van der Waals surface area contributed by atoms with Gasteiger partial charge in [0, 0.05) is 12.3 Å². The van der Waals surface area contributed by atoms with E-state index < -0.39 is 0 Å². The number of hydrogen-bond acceptors (Lipinski definition) is 3. The van der Waals surface area contributed by atoms with Crippen LogP contribution < -0.4 is 11.2 Å². The lowest BCUT2D eigenvalue weighted by atomic mass is 10.1. The van der Waals surface area contributed by atoms with Crippen LogP contribution >= 0.6 is 0 Å². The van der Waals surface area contributed by atoms with Crippen LogP contribution in [0.3, 0.4) is 0 Å². The number of rotatable bonds is 2. The molecule has 1 aliphatic rings. The predicted molar refractivity (Wildman–Crippen MR) is 59.5 cm³/mol. The molecule has 0 aromatic carbocycles. The van der Waals surface area contributed by atoms with Crippen molar-refractivity contribution in [3.8, 4) is 0 Å². The summed E-state index contributed by atoms with van der Waals surface area (Å²) in [6.45, 7) is 4.37. The lowest BCUT2D eigenvalue weighted by Crippen LogP contribution is -2.38.